The van der Waals surface area contributed by atoms with Crippen molar-refractivity contribution in [2.45, 2.75) is 51.9 Å². The van der Waals surface area contributed by atoms with Crippen LogP contribution in [0.3, 0.4) is 0 Å². The van der Waals surface area contributed by atoms with Crippen molar-refractivity contribution in [1.82, 2.24) is 5.32 Å². The van der Waals surface area contributed by atoms with Crippen LogP contribution >= 0.6 is 0 Å². The van der Waals surface area contributed by atoms with Gasteiger partial charge < -0.3 is 5.32 Å². The van der Waals surface area contributed by atoms with E-state index in [0.717, 1.165) is 12.8 Å². The van der Waals surface area contributed by atoms with E-state index in [0.29, 0.717) is 6.42 Å². The van der Waals surface area contributed by atoms with Gasteiger partial charge in [-0.05, 0) is 20.5 Å². The molecular formula is C11H27NO3S. The summed E-state index contributed by atoms with van der Waals surface area (Å²) >= 11 is 0. The molecule has 5 heteroatoms. The monoisotopic (exact) mass is 253 g/mol. The molecular weight excluding hydrogens is 226 g/mol. The zero-order valence-electron chi connectivity index (χ0n) is 10.8. The van der Waals surface area contributed by atoms with E-state index in [1.807, 2.05) is 14.1 Å². The van der Waals surface area contributed by atoms with Crippen molar-refractivity contribution in [2.75, 3.05) is 19.8 Å². The highest BCUT2D eigenvalue weighted by Gasteiger charge is 2.02. The zero-order valence-corrected chi connectivity index (χ0v) is 11.6. The van der Waals surface area contributed by atoms with Crippen molar-refractivity contribution >= 4 is 10.1 Å². The van der Waals surface area contributed by atoms with Crippen molar-refractivity contribution in [3.63, 3.8) is 0 Å². The minimum Gasteiger partial charge on any atom is -0.323 e. The van der Waals surface area contributed by atoms with Crippen molar-refractivity contribution in [3.8, 4) is 0 Å². The molecule has 0 amide bonds. The lowest BCUT2D eigenvalue weighted by atomic mass is 10.1. The lowest BCUT2D eigenvalue weighted by molar-refractivity contribution is 0.478. The Kier molecular flexibility index (Phi) is 14.7. The van der Waals surface area contributed by atoms with Gasteiger partial charge in [0.05, 0.1) is 5.75 Å². The Morgan fingerprint density at radius 3 is 1.69 bits per heavy atom. The highest BCUT2D eigenvalue weighted by Crippen LogP contribution is 2.07. The average molecular weight is 253 g/mol. The van der Waals surface area contributed by atoms with Gasteiger partial charge in [0.15, 0.2) is 0 Å². The quantitative estimate of drug-likeness (QED) is 0.515. The fourth-order valence-electron chi connectivity index (χ4n) is 1.24. The van der Waals surface area contributed by atoms with Crippen molar-refractivity contribution in [3.05, 3.63) is 0 Å². The summed E-state index contributed by atoms with van der Waals surface area (Å²) in [5.41, 5.74) is 0. The predicted molar refractivity (Wildman–Crippen MR) is 69.4 cm³/mol. The molecule has 100 valence electrons. The van der Waals surface area contributed by atoms with Crippen LogP contribution in [-0.4, -0.2) is 32.8 Å². The van der Waals surface area contributed by atoms with E-state index in [-0.39, 0.29) is 5.75 Å². The molecule has 0 aliphatic carbocycles. The first kappa shape index (κ1) is 18.2. The van der Waals surface area contributed by atoms with E-state index >= 15 is 0 Å². The number of unbranched alkanes of at least 4 members (excludes halogenated alkanes) is 6. The van der Waals surface area contributed by atoms with Crippen LogP contribution in [0.25, 0.3) is 0 Å². The summed E-state index contributed by atoms with van der Waals surface area (Å²) in [5.74, 6) is -0.0826. The molecule has 0 rings (SSSR count). The molecule has 0 heterocycles. The molecule has 0 aromatic carbocycles. The second-order valence-corrected chi connectivity index (χ2v) is 5.48. The Morgan fingerprint density at radius 2 is 1.31 bits per heavy atom. The number of rotatable bonds is 8. The van der Waals surface area contributed by atoms with Gasteiger partial charge in [-0.2, -0.15) is 8.42 Å². The van der Waals surface area contributed by atoms with E-state index in [1.165, 1.54) is 25.7 Å². The van der Waals surface area contributed by atoms with E-state index in [9.17, 15) is 8.42 Å². The molecule has 0 spiro atoms. The third kappa shape index (κ3) is 23.6. The van der Waals surface area contributed by atoms with Crippen LogP contribution in [0.5, 0.6) is 0 Å². The van der Waals surface area contributed by atoms with Gasteiger partial charge in [-0.15, -0.1) is 0 Å². The maximum Gasteiger partial charge on any atom is 0.264 e. The van der Waals surface area contributed by atoms with Crippen LogP contribution in [0, 0.1) is 0 Å². The Hall–Kier alpha value is -0.130. The Labute approximate surface area is 101 Å². The third-order valence-corrected chi connectivity index (χ3v) is 2.81. The fourth-order valence-corrected chi connectivity index (χ4v) is 1.81. The van der Waals surface area contributed by atoms with Gasteiger partial charge >= 0.3 is 0 Å². The Bertz CT molecular complexity index is 215. The van der Waals surface area contributed by atoms with Crippen LogP contribution in [0.15, 0.2) is 0 Å². The number of nitrogens with one attached hydrogen (secondary N) is 1. The molecule has 0 aromatic rings. The van der Waals surface area contributed by atoms with Crippen molar-refractivity contribution < 1.29 is 13.0 Å². The van der Waals surface area contributed by atoms with Crippen molar-refractivity contribution in [1.29, 1.82) is 0 Å². The topological polar surface area (TPSA) is 66.4 Å². The van der Waals surface area contributed by atoms with E-state index < -0.39 is 10.1 Å². The first-order chi connectivity index (χ1) is 7.47. The molecule has 0 saturated carbocycles. The maximum atomic E-state index is 10.3. The van der Waals surface area contributed by atoms with Crippen LogP contribution < -0.4 is 5.32 Å². The molecule has 0 bridgehead atoms. The van der Waals surface area contributed by atoms with E-state index in [1.54, 1.807) is 0 Å². The molecule has 0 saturated heterocycles. The molecule has 0 unspecified atom stereocenters. The number of hydrogen-bond acceptors (Lipinski definition) is 3. The summed E-state index contributed by atoms with van der Waals surface area (Å²) in [6, 6.07) is 0. The van der Waals surface area contributed by atoms with Crippen LogP contribution in [-0.2, 0) is 10.1 Å². The normalized spacial score (nSPS) is 10.8. The second-order valence-electron chi connectivity index (χ2n) is 3.91. The zero-order chi connectivity index (χ0) is 12.9. The molecule has 0 aromatic heterocycles. The molecule has 0 fully saturated rings. The van der Waals surface area contributed by atoms with Crippen LogP contribution in [0.4, 0.5) is 0 Å². The maximum absolute atomic E-state index is 10.3. The van der Waals surface area contributed by atoms with Gasteiger partial charge in [-0.25, -0.2) is 0 Å². The highest BCUT2D eigenvalue weighted by molar-refractivity contribution is 7.85. The molecule has 0 aliphatic rings. The first-order valence-corrected chi connectivity index (χ1v) is 7.62. The summed E-state index contributed by atoms with van der Waals surface area (Å²) in [4.78, 5) is 0. The van der Waals surface area contributed by atoms with Gasteiger partial charge in [-0.3, -0.25) is 4.55 Å². The van der Waals surface area contributed by atoms with Crippen molar-refractivity contribution in [2.24, 2.45) is 0 Å². The Balaban J connectivity index is 0. The largest absolute Gasteiger partial charge is 0.323 e. The lowest BCUT2D eigenvalue weighted by Crippen LogP contribution is -2.03. The molecule has 0 radical (unpaired) electrons. The Morgan fingerprint density at radius 1 is 0.938 bits per heavy atom. The SMILES string of the molecule is CCCCCCCCCS(=O)(=O)O.CNC. The van der Waals surface area contributed by atoms with Crippen LogP contribution in [0.2, 0.25) is 0 Å². The molecule has 16 heavy (non-hydrogen) atoms. The lowest BCUT2D eigenvalue weighted by Gasteiger charge is -1.99. The van der Waals surface area contributed by atoms with Crippen LogP contribution in [0.1, 0.15) is 51.9 Å². The average Bonchev–Trinajstić information content (AvgIpc) is 2.16. The first-order valence-electron chi connectivity index (χ1n) is 6.01. The van der Waals surface area contributed by atoms with Gasteiger partial charge in [-0.1, -0.05) is 45.4 Å². The van der Waals surface area contributed by atoms with Gasteiger partial charge in [0, 0.05) is 0 Å². The summed E-state index contributed by atoms with van der Waals surface area (Å²) in [6.45, 7) is 2.17. The second kappa shape index (κ2) is 12.9. The molecule has 2 N–H and O–H groups in total. The summed E-state index contributed by atoms with van der Waals surface area (Å²) < 4.78 is 29.1. The van der Waals surface area contributed by atoms with E-state index in [4.69, 9.17) is 4.55 Å². The molecule has 4 nitrogen and oxygen atoms in total. The van der Waals surface area contributed by atoms with Gasteiger partial charge in [0.25, 0.3) is 10.1 Å². The fraction of sp³-hybridized carbons (Fsp3) is 1.00. The number of hydrogen-bond donors (Lipinski definition) is 2. The van der Waals surface area contributed by atoms with Gasteiger partial charge in [0.2, 0.25) is 0 Å². The predicted octanol–water partition coefficient (Wildman–Crippen LogP) is 2.46. The third-order valence-electron chi connectivity index (χ3n) is 2.01. The standard InChI is InChI=1S/C9H20O3S.C2H7N/c1-2-3-4-5-6-7-8-9-13(10,11)12;1-3-2/h2-9H2,1H3,(H,10,11,12);3H,1-2H3. The summed E-state index contributed by atoms with van der Waals surface area (Å²) in [6.07, 6.45) is 7.48. The molecule has 0 atom stereocenters. The minimum absolute atomic E-state index is 0.0826. The minimum atomic E-state index is -3.72. The highest BCUT2D eigenvalue weighted by atomic mass is 32.2. The summed E-state index contributed by atoms with van der Waals surface area (Å²) in [7, 11) is 0.0285. The summed E-state index contributed by atoms with van der Waals surface area (Å²) in [5, 5.41) is 2.75. The van der Waals surface area contributed by atoms with E-state index in [2.05, 4.69) is 12.2 Å². The molecule has 0 aliphatic heterocycles. The smallest absolute Gasteiger partial charge is 0.264 e. The van der Waals surface area contributed by atoms with Gasteiger partial charge in [0.1, 0.15) is 0 Å².